The van der Waals surface area contributed by atoms with Crippen LogP contribution in [0.15, 0.2) is 61.7 Å². The van der Waals surface area contributed by atoms with Crippen LogP contribution >= 0.6 is 0 Å². The fourth-order valence-corrected chi connectivity index (χ4v) is 2.52. The first-order chi connectivity index (χ1) is 11.5. The van der Waals surface area contributed by atoms with Crippen molar-refractivity contribution in [3.63, 3.8) is 0 Å². The van der Waals surface area contributed by atoms with Gasteiger partial charge in [0.25, 0.3) is 0 Å². The van der Waals surface area contributed by atoms with Crippen molar-refractivity contribution >= 4 is 11.1 Å². The molecule has 3 heteroatoms. The van der Waals surface area contributed by atoms with Crippen LogP contribution in [0.1, 0.15) is 22.3 Å². The van der Waals surface area contributed by atoms with Crippen LogP contribution in [0.2, 0.25) is 0 Å². The Kier molecular flexibility index (Phi) is 4.95. The summed E-state index contributed by atoms with van der Waals surface area (Å²) in [6.45, 7) is 12.6. The summed E-state index contributed by atoms with van der Waals surface area (Å²) in [5.74, 6) is 0. The van der Waals surface area contributed by atoms with Crippen molar-refractivity contribution in [3.8, 4) is 0 Å². The van der Waals surface area contributed by atoms with Crippen LogP contribution < -0.4 is 0 Å². The third-order valence-electron chi connectivity index (χ3n) is 4.18. The lowest BCUT2D eigenvalue weighted by Crippen LogP contribution is -2.35. The van der Waals surface area contributed by atoms with Gasteiger partial charge >= 0.3 is 0 Å². The Morgan fingerprint density at radius 1 is 0.792 bits per heavy atom. The molecule has 1 heterocycles. The molecule has 0 spiro atoms. The van der Waals surface area contributed by atoms with Gasteiger partial charge in [0.05, 0.1) is 6.61 Å². The second kappa shape index (κ2) is 7.14. The molecule has 3 nitrogen and oxygen atoms in total. The van der Waals surface area contributed by atoms with E-state index in [1.165, 1.54) is 11.1 Å². The van der Waals surface area contributed by atoms with Crippen LogP contribution in [-0.4, -0.2) is 19.0 Å². The molecule has 124 valence electrons. The van der Waals surface area contributed by atoms with E-state index in [2.05, 4.69) is 20.1 Å². The molecule has 2 atom stereocenters. The Morgan fingerprint density at radius 2 is 1.29 bits per heavy atom. The maximum absolute atomic E-state index is 5.80. The second-order valence-corrected chi connectivity index (χ2v) is 6.13. The Hall–Kier alpha value is -2.20. The molecule has 0 amide bonds. The fourth-order valence-electron chi connectivity index (χ4n) is 2.52. The van der Waals surface area contributed by atoms with Crippen molar-refractivity contribution in [1.29, 1.82) is 0 Å². The summed E-state index contributed by atoms with van der Waals surface area (Å²) >= 11 is 0. The highest BCUT2D eigenvalue weighted by molar-refractivity contribution is 5.68. The molecule has 1 aliphatic heterocycles. The smallest absolute Gasteiger partial charge is 0.217 e. The van der Waals surface area contributed by atoms with E-state index in [0.29, 0.717) is 6.61 Å². The van der Waals surface area contributed by atoms with Crippen molar-refractivity contribution in [2.75, 3.05) is 6.61 Å². The van der Waals surface area contributed by atoms with Crippen LogP contribution in [0.4, 0.5) is 0 Å². The van der Waals surface area contributed by atoms with Gasteiger partial charge in [-0.15, -0.1) is 0 Å². The van der Waals surface area contributed by atoms with E-state index in [-0.39, 0.29) is 6.10 Å². The highest BCUT2D eigenvalue weighted by atomic mass is 17.2. The van der Waals surface area contributed by atoms with Gasteiger partial charge in [-0.05, 0) is 30.5 Å². The molecule has 3 rings (SSSR count). The predicted molar refractivity (Wildman–Crippen MR) is 96.1 cm³/mol. The van der Waals surface area contributed by atoms with Gasteiger partial charge in [0.2, 0.25) is 6.29 Å². The van der Waals surface area contributed by atoms with Gasteiger partial charge in [0.1, 0.15) is 6.10 Å². The van der Waals surface area contributed by atoms with E-state index in [0.717, 1.165) is 22.3 Å². The van der Waals surface area contributed by atoms with Crippen LogP contribution in [0.3, 0.4) is 0 Å². The van der Waals surface area contributed by atoms with Gasteiger partial charge in [-0.2, -0.15) is 4.89 Å². The van der Waals surface area contributed by atoms with Crippen LogP contribution in [0.25, 0.3) is 11.1 Å². The third kappa shape index (κ3) is 3.65. The first kappa shape index (κ1) is 16.7. The summed E-state index contributed by atoms with van der Waals surface area (Å²) < 4.78 is 5.80. The van der Waals surface area contributed by atoms with E-state index in [4.69, 9.17) is 14.5 Å². The first-order valence-corrected chi connectivity index (χ1v) is 8.00. The number of hydrogen-bond acceptors (Lipinski definition) is 3. The Labute approximate surface area is 143 Å². The summed E-state index contributed by atoms with van der Waals surface area (Å²) in [6, 6.07) is 16.2. The molecule has 0 unspecified atom stereocenters. The molecule has 1 saturated heterocycles. The highest BCUT2D eigenvalue weighted by Crippen LogP contribution is 2.28. The van der Waals surface area contributed by atoms with Gasteiger partial charge < -0.3 is 4.74 Å². The number of hydrogen-bond donors (Lipinski definition) is 0. The maximum Gasteiger partial charge on any atom is 0.217 e. The van der Waals surface area contributed by atoms with Crippen LogP contribution in [0.5, 0.6) is 0 Å². The summed E-state index contributed by atoms with van der Waals surface area (Å²) in [5.41, 5.74) is 5.99. The molecule has 0 radical (unpaired) electrons. The van der Waals surface area contributed by atoms with E-state index < -0.39 is 6.29 Å². The fraction of sp³-hybridized carbons (Fsp3) is 0.238. The zero-order valence-corrected chi connectivity index (χ0v) is 14.1. The van der Waals surface area contributed by atoms with Crippen molar-refractivity contribution in [2.24, 2.45) is 0 Å². The van der Waals surface area contributed by atoms with Crippen molar-refractivity contribution in [1.82, 2.24) is 0 Å². The molecule has 0 saturated carbocycles. The molecule has 2 aromatic rings. The SMILES string of the molecule is C=C(c1ccc(C)cc1)[C@@H]1OC[C@@H](C(=C)c2ccc(C)cc2)OO1. The molecule has 2 aromatic carbocycles. The van der Waals surface area contributed by atoms with Crippen molar-refractivity contribution in [3.05, 3.63) is 83.9 Å². The minimum Gasteiger partial charge on any atom is -0.343 e. The van der Waals surface area contributed by atoms with E-state index in [9.17, 15) is 0 Å². The zero-order chi connectivity index (χ0) is 17.1. The lowest BCUT2D eigenvalue weighted by atomic mass is 10.0. The zero-order valence-electron chi connectivity index (χ0n) is 14.1. The lowest BCUT2D eigenvalue weighted by molar-refractivity contribution is -0.414. The Bertz CT molecular complexity index is 655. The average Bonchev–Trinajstić information content (AvgIpc) is 2.62. The summed E-state index contributed by atoms with van der Waals surface area (Å²) in [4.78, 5) is 10.9. The van der Waals surface area contributed by atoms with Gasteiger partial charge in [-0.3, -0.25) is 0 Å². The summed E-state index contributed by atoms with van der Waals surface area (Å²) in [6.07, 6.45) is -0.926. The van der Waals surface area contributed by atoms with E-state index in [1.54, 1.807) is 0 Å². The molecule has 0 N–H and O–H groups in total. The van der Waals surface area contributed by atoms with Crippen LogP contribution in [-0.2, 0) is 14.5 Å². The summed E-state index contributed by atoms with van der Waals surface area (Å²) in [5, 5.41) is 0. The number of benzene rings is 2. The standard InChI is InChI=1S/C21H22O3/c1-14-5-9-18(10-6-14)16(3)20-13-22-21(24-23-20)17(4)19-11-7-15(2)8-12-19/h5-12,20-21H,3-4,13H2,1-2H3/t20-,21+/m0/s1. The molecule has 0 aliphatic carbocycles. The maximum atomic E-state index is 5.80. The van der Waals surface area contributed by atoms with E-state index in [1.807, 2.05) is 55.5 Å². The van der Waals surface area contributed by atoms with Crippen molar-refractivity contribution < 1.29 is 14.5 Å². The Balaban J connectivity index is 1.61. The third-order valence-corrected chi connectivity index (χ3v) is 4.18. The van der Waals surface area contributed by atoms with E-state index >= 15 is 0 Å². The van der Waals surface area contributed by atoms with Gasteiger partial charge in [0, 0.05) is 5.57 Å². The Morgan fingerprint density at radius 3 is 1.75 bits per heavy atom. The molecular weight excluding hydrogens is 300 g/mol. The number of rotatable bonds is 4. The predicted octanol–water partition coefficient (Wildman–Crippen LogP) is 4.70. The first-order valence-electron chi connectivity index (χ1n) is 8.00. The normalized spacial score (nSPS) is 20.6. The molecule has 0 bridgehead atoms. The largest absolute Gasteiger partial charge is 0.343 e. The molecule has 1 aliphatic rings. The van der Waals surface area contributed by atoms with Gasteiger partial charge in [-0.25, -0.2) is 4.89 Å². The highest BCUT2D eigenvalue weighted by Gasteiger charge is 2.28. The molecule has 24 heavy (non-hydrogen) atoms. The van der Waals surface area contributed by atoms with Crippen LogP contribution in [0, 0.1) is 13.8 Å². The quantitative estimate of drug-likeness (QED) is 0.763. The molecule has 1 fully saturated rings. The minimum absolute atomic E-state index is 0.324. The molecule has 0 aromatic heterocycles. The van der Waals surface area contributed by atoms with Gasteiger partial charge in [-0.1, -0.05) is 72.8 Å². The second-order valence-electron chi connectivity index (χ2n) is 6.13. The monoisotopic (exact) mass is 322 g/mol. The topological polar surface area (TPSA) is 27.7 Å². The average molecular weight is 322 g/mol. The minimum atomic E-state index is -0.602. The summed E-state index contributed by atoms with van der Waals surface area (Å²) in [7, 11) is 0. The number of aryl methyl sites for hydroxylation is 2. The van der Waals surface area contributed by atoms with Gasteiger partial charge in [0.15, 0.2) is 0 Å². The lowest BCUT2D eigenvalue weighted by Gasteiger charge is -2.30. The van der Waals surface area contributed by atoms with Crippen molar-refractivity contribution in [2.45, 2.75) is 26.2 Å². The number of ether oxygens (including phenoxy) is 1. The molecular formula is C21H22O3.